The Morgan fingerprint density at radius 3 is 2.70 bits per heavy atom. The molecule has 0 aliphatic rings. The molecule has 2 aromatic carbocycles. The Kier molecular flexibility index (Phi) is 7.76. The molecule has 0 aliphatic heterocycles. The summed E-state index contributed by atoms with van der Waals surface area (Å²) in [5.74, 6) is -0.240. The summed E-state index contributed by atoms with van der Waals surface area (Å²) in [6.07, 6.45) is 1.13. The lowest BCUT2D eigenvalue weighted by molar-refractivity contribution is -0.144. The first-order chi connectivity index (χ1) is 15.7. The van der Waals surface area contributed by atoms with Crippen molar-refractivity contribution in [2.24, 2.45) is 5.10 Å². The highest BCUT2D eigenvalue weighted by molar-refractivity contribution is 9.10. The van der Waals surface area contributed by atoms with E-state index in [9.17, 15) is 9.59 Å². The zero-order valence-corrected chi connectivity index (χ0v) is 20.8. The topological polar surface area (TPSA) is 103 Å². The monoisotopic (exact) mass is 535 g/mol. The molecule has 0 aliphatic carbocycles. The molecule has 8 nitrogen and oxygen atoms in total. The summed E-state index contributed by atoms with van der Waals surface area (Å²) in [7, 11) is 1.42. The smallest absolute Gasteiger partial charge is 0.344 e. The van der Waals surface area contributed by atoms with Gasteiger partial charge in [-0.25, -0.2) is 9.78 Å². The lowest BCUT2D eigenvalue weighted by atomic mass is 10.1. The van der Waals surface area contributed by atoms with E-state index in [0.29, 0.717) is 22.3 Å². The highest BCUT2D eigenvalue weighted by atomic mass is 79.9. The first-order valence-corrected chi connectivity index (χ1v) is 11.4. The molecular weight excluding hydrogens is 514 g/mol. The SMILES string of the molecule is CC[C@@H](C)c1nc2ccc(Br)cc2c(=O)n1N=Cc1cc(Cl)c(O[C@H](C)C(=O)O)c(OC)c1. The zero-order valence-electron chi connectivity index (χ0n) is 18.5. The van der Waals surface area contributed by atoms with Crippen LogP contribution in [0.25, 0.3) is 10.9 Å². The van der Waals surface area contributed by atoms with Crippen molar-refractivity contribution in [1.29, 1.82) is 0 Å². The van der Waals surface area contributed by atoms with Gasteiger partial charge in [-0.15, -0.1) is 0 Å². The van der Waals surface area contributed by atoms with E-state index in [-0.39, 0.29) is 28.0 Å². The first kappa shape index (κ1) is 24.7. The molecule has 0 fully saturated rings. The third-order valence-corrected chi connectivity index (χ3v) is 5.88. The zero-order chi connectivity index (χ0) is 24.3. The number of hydrogen-bond donors (Lipinski definition) is 1. The molecule has 3 rings (SSSR count). The second-order valence-corrected chi connectivity index (χ2v) is 8.76. The van der Waals surface area contributed by atoms with E-state index in [4.69, 9.17) is 26.2 Å². The molecule has 1 N–H and O–H groups in total. The molecule has 0 spiro atoms. The van der Waals surface area contributed by atoms with Crippen LogP contribution in [-0.4, -0.2) is 40.2 Å². The largest absolute Gasteiger partial charge is 0.493 e. The lowest BCUT2D eigenvalue weighted by Gasteiger charge is -2.16. The van der Waals surface area contributed by atoms with Gasteiger partial charge in [-0.1, -0.05) is 41.4 Å². The summed E-state index contributed by atoms with van der Waals surface area (Å²) in [6.45, 7) is 5.38. The Labute approximate surface area is 203 Å². The van der Waals surface area contributed by atoms with Crippen LogP contribution in [0.15, 0.2) is 44.7 Å². The molecule has 0 saturated heterocycles. The quantitative estimate of drug-likeness (QED) is 0.403. The number of rotatable bonds is 8. The van der Waals surface area contributed by atoms with Crippen LogP contribution in [0.4, 0.5) is 0 Å². The number of carboxylic acid groups (broad SMARTS) is 1. The van der Waals surface area contributed by atoms with Crippen molar-refractivity contribution in [1.82, 2.24) is 9.66 Å². The average Bonchev–Trinajstić information content (AvgIpc) is 2.79. The van der Waals surface area contributed by atoms with E-state index in [1.807, 2.05) is 19.9 Å². The van der Waals surface area contributed by atoms with Crippen LogP contribution in [0.3, 0.4) is 0 Å². The lowest BCUT2D eigenvalue weighted by Crippen LogP contribution is -2.24. The molecular formula is C23H23BrClN3O5. The minimum absolute atomic E-state index is 0.00527. The van der Waals surface area contributed by atoms with Gasteiger partial charge in [-0.2, -0.15) is 9.78 Å². The third kappa shape index (κ3) is 5.36. The number of fused-ring (bicyclic) bond motifs is 1. The maximum atomic E-state index is 13.2. The van der Waals surface area contributed by atoms with Crippen molar-refractivity contribution < 1.29 is 19.4 Å². The third-order valence-electron chi connectivity index (χ3n) is 5.10. The van der Waals surface area contributed by atoms with Gasteiger partial charge in [-0.05, 0) is 49.2 Å². The normalized spacial score (nSPS) is 13.3. The van der Waals surface area contributed by atoms with Crippen LogP contribution in [0.2, 0.25) is 5.02 Å². The van der Waals surface area contributed by atoms with Gasteiger partial charge < -0.3 is 14.6 Å². The van der Waals surface area contributed by atoms with E-state index in [1.54, 1.807) is 24.3 Å². The number of carbonyl (C=O) groups is 1. The minimum Gasteiger partial charge on any atom is -0.493 e. The van der Waals surface area contributed by atoms with Gasteiger partial charge in [0.2, 0.25) is 0 Å². The second kappa shape index (κ2) is 10.4. The van der Waals surface area contributed by atoms with Gasteiger partial charge in [0.05, 0.1) is 29.2 Å². The fraction of sp³-hybridized carbons (Fsp3) is 0.304. The minimum atomic E-state index is -1.13. The molecule has 1 heterocycles. The van der Waals surface area contributed by atoms with E-state index in [1.165, 1.54) is 24.9 Å². The Morgan fingerprint density at radius 1 is 1.33 bits per heavy atom. The standard InChI is InChI=1S/C23H23BrClN3O5/c1-5-12(2)21-27-18-7-6-15(24)10-16(18)22(29)28(21)26-11-14-8-17(25)20(19(9-14)32-4)33-13(3)23(30)31/h6-13H,5H2,1-4H3,(H,30,31)/t12-,13-/m1/s1. The maximum Gasteiger partial charge on any atom is 0.344 e. The predicted octanol–water partition coefficient (Wildman–Crippen LogP) is 5.07. The van der Waals surface area contributed by atoms with Crippen molar-refractivity contribution in [3.63, 3.8) is 0 Å². The van der Waals surface area contributed by atoms with Crippen LogP contribution < -0.4 is 15.0 Å². The number of aliphatic carboxylic acids is 1. The van der Waals surface area contributed by atoms with Crippen LogP contribution in [0.5, 0.6) is 11.5 Å². The van der Waals surface area contributed by atoms with E-state index >= 15 is 0 Å². The number of ether oxygens (including phenoxy) is 2. The van der Waals surface area contributed by atoms with E-state index < -0.39 is 12.1 Å². The Bertz CT molecular complexity index is 1290. The van der Waals surface area contributed by atoms with Gasteiger partial charge in [0.25, 0.3) is 5.56 Å². The molecule has 1 aromatic heterocycles. The summed E-state index contributed by atoms with van der Waals surface area (Å²) >= 11 is 9.72. The van der Waals surface area contributed by atoms with Crippen molar-refractivity contribution in [2.75, 3.05) is 7.11 Å². The van der Waals surface area contributed by atoms with Gasteiger partial charge in [-0.3, -0.25) is 4.79 Å². The van der Waals surface area contributed by atoms with Crippen molar-refractivity contribution in [3.8, 4) is 11.5 Å². The van der Waals surface area contributed by atoms with Crippen molar-refractivity contribution in [3.05, 3.63) is 61.6 Å². The Balaban J connectivity index is 2.10. The summed E-state index contributed by atoms with van der Waals surface area (Å²) in [5, 5.41) is 14.1. The molecule has 3 aromatic rings. The number of nitrogens with zero attached hydrogens (tertiary/aromatic N) is 3. The molecule has 0 bridgehead atoms. The highest BCUT2D eigenvalue weighted by Crippen LogP contribution is 2.36. The summed E-state index contributed by atoms with van der Waals surface area (Å²) in [6, 6.07) is 8.50. The number of carboxylic acids is 1. The molecule has 2 atom stereocenters. The molecule has 0 radical (unpaired) electrons. The first-order valence-electron chi connectivity index (χ1n) is 10.2. The number of benzene rings is 2. The summed E-state index contributed by atoms with van der Waals surface area (Å²) in [5.41, 5.74) is 0.841. The van der Waals surface area contributed by atoms with Gasteiger partial charge >= 0.3 is 5.97 Å². The van der Waals surface area contributed by atoms with Crippen LogP contribution in [0, 0.1) is 0 Å². The van der Waals surface area contributed by atoms with Crippen LogP contribution in [-0.2, 0) is 4.79 Å². The molecule has 174 valence electrons. The average molecular weight is 537 g/mol. The number of halogens is 2. The Morgan fingerprint density at radius 2 is 2.06 bits per heavy atom. The number of hydrogen-bond acceptors (Lipinski definition) is 6. The summed E-state index contributed by atoms with van der Waals surface area (Å²) < 4.78 is 12.8. The van der Waals surface area contributed by atoms with Gasteiger partial charge in [0.1, 0.15) is 5.82 Å². The molecule has 10 heteroatoms. The maximum absolute atomic E-state index is 13.2. The van der Waals surface area contributed by atoms with Gasteiger partial charge in [0, 0.05) is 10.4 Å². The fourth-order valence-electron chi connectivity index (χ4n) is 3.06. The highest BCUT2D eigenvalue weighted by Gasteiger charge is 2.19. The van der Waals surface area contributed by atoms with E-state index in [2.05, 4.69) is 26.0 Å². The Hall–Kier alpha value is -2.91. The predicted molar refractivity (Wildman–Crippen MR) is 131 cm³/mol. The molecule has 0 unspecified atom stereocenters. The summed E-state index contributed by atoms with van der Waals surface area (Å²) in [4.78, 5) is 29.0. The van der Waals surface area contributed by atoms with E-state index in [0.717, 1.165) is 10.9 Å². The number of aromatic nitrogens is 2. The van der Waals surface area contributed by atoms with Crippen LogP contribution >= 0.6 is 27.5 Å². The van der Waals surface area contributed by atoms with Crippen molar-refractivity contribution >= 4 is 50.6 Å². The van der Waals surface area contributed by atoms with Gasteiger partial charge in [0.15, 0.2) is 17.6 Å². The number of methoxy groups -OCH3 is 1. The van der Waals surface area contributed by atoms with Crippen LogP contribution in [0.1, 0.15) is 44.5 Å². The molecule has 0 saturated carbocycles. The molecule has 33 heavy (non-hydrogen) atoms. The fourth-order valence-corrected chi connectivity index (χ4v) is 3.68. The second-order valence-electron chi connectivity index (χ2n) is 7.43. The van der Waals surface area contributed by atoms with Crippen molar-refractivity contribution in [2.45, 2.75) is 39.2 Å². The molecule has 0 amide bonds.